The van der Waals surface area contributed by atoms with Crippen LogP contribution in [-0.4, -0.2) is 60.9 Å². The van der Waals surface area contributed by atoms with Gasteiger partial charge in [0.15, 0.2) is 0 Å². The molecule has 1 aromatic heterocycles. The molecule has 3 rings (SSSR count). The Hall–Kier alpha value is -1.51. The minimum atomic E-state index is -3.18. The first kappa shape index (κ1) is 17.3. The van der Waals surface area contributed by atoms with Crippen molar-refractivity contribution in [3.05, 3.63) is 29.3 Å². The highest BCUT2D eigenvalue weighted by atomic mass is 32.2. The van der Waals surface area contributed by atoms with E-state index in [0.717, 1.165) is 15.2 Å². The summed E-state index contributed by atoms with van der Waals surface area (Å²) in [6, 6.07) is 7.96. The van der Waals surface area contributed by atoms with Gasteiger partial charge in [0.1, 0.15) is 0 Å². The van der Waals surface area contributed by atoms with Gasteiger partial charge in [-0.25, -0.2) is 17.7 Å². The summed E-state index contributed by atoms with van der Waals surface area (Å²) in [5.41, 5.74) is 0.975. The average Bonchev–Trinajstić information content (AvgIpc) is 2.77. The summed E-state index contributed by atoms with van der Waals surface area (Å²) in [4.78, 5) is 18.8. The van der Waals surface area contributed by atoms with Crippen LogP contribution in [0.1, 0.15) is 17.8 Å². The molecule has 0 saturated carbocycles. The van der Waals surface area contributed by atoms with Gasteiger partial charge in [0.2, 0.25) is 15.9 Å². The summed E-state index contributed by atoms with van der Waals surface area (Å²) in [6.45, 7) is 1.95. The maximum Gasteiger partial charge on any atom is 0.223 e. The van der Waals surface area contributed by atoms with E-state index in [-0.39, 0.29) is 5.91 Å². The van der Waals surface area contributed by atoms with Crippen LogP contribution >= 0.6 is 11.3 Å². The first-order valence-corrected chi connectivity index (χ1v) is 10.7. The Morgan fingerprint density at radius 2 is 2.00 bits per heavy atom. The molecule has 0 unspecified atom stereocenters. The van der Waals surface area contributed by atoms with Crippen LogP contribution in [-0.2, 0) is 21.2 Å². The smallest absolute Gasteiger partial charge is 0.223 e. The Kier molecular flexibility index (Phi) is 5.17. The van der Waals surface area contributed by atoms with E-state index in [1.165, 1.54) is 10.6 Å². The summed E-state index contributed by atoms with van der Waals surface area (Å²) in [7, 11) is -3.18. The molecule has 1 aliphatic rings. The van der Waals surface area contributed by atoms with Crippen molar-refractivity contribution in [2.75, 3.05) is 32.4 Å². The quantitative estimate of drug-likeness (QED) is 0.825. The second kappa shape index (κ2) is 7.16. The monoisotopic (exact) mass is 367 g/mol. The summed E-state index contributed by atoms with van der Waals surface area (Å²) in [5.74, 6) is 0.0737. The Morgan fingerprint density at radius 3 is 2.75 bits per heavy atom. The van der Waals surface area contributed by atoms with Gasteiger partial charge in [-0.3, -0.25) is 4.79 Å². The molecule has 2 aromatic rings. The lowest BCUT2D eigenvalue weighted by Crippen LogP contribution is -2.37. The van der Waals surface area contributed by atoms with Crippen molar-refractivity contribution in [3.63, 3.8) is 0 Å². The largest absolute Gasteiger partial charge is 0.341 e. The molecule has 1 saturated heterocycles. The molecule has 2 heterocycles. The summed E-state index contributed by atoms with van der Waals surface area (Å²) in [5, 5.41) is 0.970. The van der Waals surface area contributed by atoms with E-state index in [2.05, 4.69) is 4.98 Å². The molecule has 1 amide bonds. The van der Waals surface area contributed by atoms with Crippen molar-refractivity contribution in [2.45, 2.75) is 19.3 Å². The van der Waals surface area contributed by atoms with E-state index < -0.39 is 10.0 Å². The predicted molar refractivity (Wildman–Crippen MR) is 95.6 cm³/mol. The number of benzene rings is 1. The third kappa shape index (κ3) is 4.12. The van der Waals surface area contributed by atoms with Gasteiger partial charge in [0.05, 0.1) is 21.5 Å². The van der Waals surface area contributed by atoms with E-state index in [4.69, 9.17) is 0 Å². The third-order valence-corrected chi connectivity index (χ3v) is 6.57. The fourth-order valence-corrected chi connectivity index (χ4v) is 4.71. The molecule has 0 aliphatic carbocycles. The number of thiazole rings is 1. The third-order valence-electron chi connectivity index (χ3n) is 4.17. The molecule has 8 heteroatoms. The lowest BCUT2D eigenvalue weighted by molar-refractivity contribution is -0.131. The number of aryl methyl sites for hydroxylation is 1. The van der Waals surface area contributed by atoms with Gasteiger partial charge >= 0.3 is 0 Å². The topological polar surface area (TPSA) is 70.6 Å². The summed E-state index contributed by atoms with van der Waals surface area (Å²) >= 11 is 1.62. The molecule has 6 nitrogen and oxygen atoms in total. The Morgan fingerprint density at radius 1 is 1.21 bits per heavy atom. The Bertz CT molecular complexity index is 799. The van der Waals surface area contributed by atoms with Crippen molar-refractivity contribution in [1.29, 1.82) is 0 Å². The molecule has 0 N–H and O–H groups in total. The molecule has 0 atom stereocenters. The Balaban J connectivity index is 1.57. The van der Waals surface area contributed by atoms with Crippen LogP contribution in [0.15, 0.2) is 24.3 Å². The first-order chi connectivity index (χ1) is 11.4. The van der Waals surface area contributed by atoms with Gasteiger partial charge in [-0.2, -0.15) is 0 Å². The van der Waals surface area contributed by atoms with E-state index in [1.807, 2.05) is 24.3 Å². The van der Waals surface area contributed by atoms with Crippen LogP contribution in [0, 0.1) is 0 Å². The van der Waals surface area contributed by atoms with Crippen molar-refractivity contribution < 1.29 is 13.2 Å². The summed E-state index contributed by atoms with van der Waals surface area (Å²) in [6.07, 6.45) is 2.95. The normalized spacial score (nSPS) is 17.1. The fraction of sp³-hybridized carbons (Fsp3) is 0.500. The van der Waals surface area contributed by atoms with E-state index in [1.54, 1.807) is 16.2 Å². The van der Waals surface area contributed by atoms with Crippen LogP contribution in [0.2, 0.25) is 0 Å². The molecule has 24 heavy (non-hydrogen) atoms. The number of fused-ring (bicyclic) bond motifs is 1. The number of nitrogens with zero attached hydrogens (tertiary/aromatic N) is 3. The standard InChI is InChI=1S/C16H21N3O3S2/c1-24(21,22)19-10-4-9-18(11-12-19)16(20)8-7-15-17-13-5-2-3-6-14(13)23-15/h2-3,5-6H,4,7-12H2,1H3. The minimum Gasteiger partial charge on any atom is -0.341 e. The molecule has 0 spiro atoms. The number of hydrogen-bond acceptors (Lipinski definition) is 5. The van der Waals surface area contributed by atoms with Gasteiger partial charge in [-0.1, -0.05) is 12.1 Å². The number of rotatable bonds is 4. The van der Waals surface area contributed by atoms with Crippen molar-refractivity contribution in [2.24, 2.45) is 0 Å². The van der Waals surface area contributed by atoms with Crippen LogP contribution in [0.3, 0.4) is 0 Å². The van der Waals surface area contributed by atoms with E-state index in [0.29, 0.717) is 45.4 Å². The molecule has 130 valence electrons. The van der Waals surface area contributed by atoms with Crippen LogP contribution in [0.5, 0.6) is 0 Å². The number of hydrogen-bond donors (Lipinski definition) is 0. The number of sulfonamides is 1. The summed E-state index contributed by atoms with van der Waals surface area (Å²) < 4.78 is 25.8. The van der Waals surface area contributed by atoms with Crippen LogP contribution < -0.4 is 0 Å². The SMILES string of the molecule is CS(=O)(=O)N1CCCN(C(=O)CCc2nc3ccccc3s2)CC1. The minimum absolute atomic E-state index is 0.0737. The van der Waals surface area contributed by atoms with Gasteiger partial charge in [0.25, 0.3) is 0 Å². The highest BCUT2D eigenvalue weighted by Gasteiger charge is 2.23. The van der Waals surface area contributed by atoms with Crippen LogP contribution in [0.4, 0.5) is 0 Å². The number of aromatic nitrogens is 1. The van der Waals surface area contributed by atoms with Crippen molar-refractivity contribution in [3.8, 4) is 0 Å². The van der Waals surface area contributed by atoms with Gasteiger partial charge in [0, 0.05) is 39.0 Å². The number of carbonyl (C=O) groups excluding carboxylic acids is 1. The number of amides is 1. The highest BCUT2D eigenvalue weighted by molar-refractivity contribution is 7.88. The average molecular weight is 367 g/mol. The van der Waals surface area contributed by atoms with Crippen LogP contribution in [0.25, 0.3) is 10.2 Å². The molecule has 1 fully saturated rings. The van der Waals surface area contributed by atoms with Gasteiger partial charge in [-0.15, -0.1) is 11.3 Å². The molecular weight excluding hydrogens is 346 g/mol. The van der Waals surface area contributed by atoms with E-state index in [9.17, 15) is 13.2 Å². The van der Waals surface area contributed by atoms with E-state index >= 15 is 0 Å². The molecule has 0 bridgehead atoms. The second-order valence-corrected chi connectivity index (χ2v) is 9.07. The highest BCUT2D eigenvalue weighted by Crippen LogP contribution is 2.22. The molecular formula is C16H21N3O3S2. The second-order valence-electron chi connectivity index (χ2n) is 5.97. The maximum atomic E-state index is 12.4. The lowest BCUT2D eigenvalue weighted by atomic mass is 10.2. The van der Waals surface area contributed by atoms with Gasteiger partial charge < -0.3 is 4.90 Å². The lowest BCUT2D eigenvalue weighted by Gasteiger charge is -2.20. The predicted octanol–water partition coefficient (Wildman–Crippen LogP) is 1.72. The molecule has 1 aliphatic heterocycles. The van der Waals surface area contributed by atoms with Gasteiger partial charge in [-0.05, 0) is 18.6 Å². The number of carbonyl (C=O) groups is 1. The molecule has 0 radical (unpaired) electrons. The zero-order valence-corrected chi connectivity index (χ0v) is 15.3. The fourth-order valence-electron chi connectivity index (χ4n) is 2.87. The molecule has 1 aromatic carbocycles. The number of para-hydroxylation sites is 1. The van der Waals surface area contributed by atoms with Crippen molar-refractivity contribution >= 4 is 37.5 Å². The maximum absolute atomic E-state index is 12.4. The zero-order chi connectivity index (χ0) is 17.2. The first-order valence-electron chi connectivity index (χ1n) is 8.01. The Labute approximate surface area is 146 Å². The van der Waals surface area contributed by atoms with Crippen molar-refractivity contribution in [1.82, 2.24) is 14.2 Å². The zero-order valence-electron chi connectivity index (χ0n) is 13.6.